The largest absolute Gasteiger partial charge is 0.394 e. The van der Waals surface area contributed by atoms with E-state index < -0.39 is 6.04 Å². The van der Waals surface area contributed by atoms with Crippen LogP contribution in [0.3, 0.4) is 0 Å². The predicted octanol–water partition coefficient (Wildman–Crippen LogP) is 1.75. The Hall–Kier alpha value is -2.14. The number of benzene rings is 1. The van der Waals surface area contributed by atoms with E-state index in [4.69, 9.17) is 0 Å². The van der Waals surface area contributed by atoms with Gasteiger partial charge in [0.2, 0.25) is 0 Å². The maximum Gasteiger partial charge on any atom is 0.270 e. The van der Waals surface area contributed by atoms with Crippen molar-refractivity contribution in [2.45, 2.75) is 26.3 Å². The summed E-state index contributed by atoms with van der Waals surface area (Å²) >= 11 is 0. The molecule has 1 aromatic heterocycles. The predicted molar refractivity (Wildman–Crippen MR) is 81.1 cm³/mol. The van der Waals surface area contributed by atoms with Crippen LogP contribution in [0.5, 0.6) is 0 Å². The van der Waals surface area contributed by atoms with Gasteiger partial charge >= 0.3 is 0 Å². The molecular formula is C16H21N3O2. The topological polar surface area (TPSA) is 67.2 Å². The molecule has 1 aromatic carbocycles. The van der Waals surface area contributed by atoms with Crippen LogP contribution in [0, 0.1) is 6.92 Å². The van der Waals surface area contributed by atoms with Crippen molar-refractivity contribution < 1.29 is 9.90 Å². The first-order valence-electron chi connectivity index (χ1n) is 7.06. The highest BCUT2D eigenvalue weighted by Gasteiger charge is 2.17. The molecule has 0 aliphatic carbocycles. The van der Waals surface area contributed by atoms with Gasteiger partial charge in [-0.2, -0.15) is 5.10 Å². The van der Waals surface area contributed by atoms with Crippen LogP contribution in [-0.4, -0.2) is 27.4 Å². The van der Waals surface area contributed by atoms with E-state index in [0.717, 1.165) is 17.7 Å². The quantitative estimate of drug-likeness (QED) is 0.880. The first-order valence-corrected chi connectivity index (χ1v) is 7.06. The number of aryl methyl sites for hydroxylation is 3. The maximum absolute atomic E-state index is 12.3. The fourth-order valence-corrected chi connectivity index (χ4v) is 2.28. The zero-order valence-electron chi connectivity index (χ0n) is 12.6. The van der Waals surface area contributed by atoms with Gasteiger partial charge in [-0.15, -0.1) is 0 Å². The molecule has 5 heteroatoms. The fourth-order valence-electron chi connectivity index (χ4n) is 2.28. The van der Waals surface area contributed by atoms with Crippen LogP contribution in [0.1, 0.15) is 40.3 Å². The minimum absolute atomic E-state index is 0.145. The molecule has 0 saturated heterocycles. The molecule has 2 N–H and O–H groups in total. The second-order valence-corrected chi connectivity index (χ2v) is 5.10. The molecule has 0 radical (unpaired) electrons. The molecule has 0 aliphatic rings. The van der Waals surface area contributed by atoms with Crippen molar-refractivity contribution in [2.24, 2.45) is 7.05 Å². The summed E-state index contributed by atoms with van der Waals surface area (Å²) in [6.45, 7) is 3.78. The number of aliphatic hydroxyl groups excluding tert-OH is 1. The van der Waals surface area contributed by atoms with E-state index in [0.29, 0.717) is 5.69 Å². The van der Waals surface area contributed by atoms with Gasteiger partial charge in [0.1, 0.15) is 5.69 Å². The molecule has 0 saturated carbocycles. The number of hydrogen-bond acceptors (Lipinski definition) is 3. The summed E-state index contributed by atoms with van der Waals surface area (Å²) in [5.41, 5.74) is 3.39. The molecule has 0 bridgehead atoms. The highest BCUT2D eigenvalue weighted by molar-refractivity contribution is 5.92. The number of nitrogens with zero attached hydrogens (tertiary/aromatic N) is 2. The second-order valence-electron chi connectivity index (χ2n) is 5.10. The summed E-state index contributed by atoms with van der Waals surface area (Å²) in [6.07, 6.45) is 0.963. The number of aromatic nitrogens is 2. The third kappa shape index (κ3) is 3.49. The summed E-state index contributed by atoms with van der Waals surface area (Å²) < 4.78 is 1.54. The molecule has 0 fully saturated rings. The molecule has 1 heterocycles. The zero-order valence-corrected chi connectivity index (χ0v) is 12.6. The van der Waals surface area contributed by atoms with Crippen molar-refractivity contribution in [1.82, 2.24) is 15.1 Å². The number of amides is 1. The molecule has 1 unspecified atom stereocenters. The Morgan fingerprint density at radius 3 is 2.52 bits per heavy atom. The van der Waals surface area contributed by atoms with E-state index in [2.05, 4.69) is 17.3 Å². The van der Waals surface area contributed by atoms with Gasteiger partial charge in [0.05, 0.1) is 18.3 Å². The van der Waals surface area contributed by atoms with E-state index >= 15 is 0 Å². The lowest BCUT2D eigenvalue weighted by atomic mass is 10.0. The van der Waals surface area contributed by atoms with Gasteiger partial charge in [-0.3, -0.25) is 9.48 Å². The first-order chi connectivity index (χ1) is 10.0. The molecular weight excluding hydrogens is 266 g/mol. The molecule has 2 aromatic rings. The van der Waals surface area contributed by atoms with Gasteiger partial charge in [-0.05, 0) is 30.5 Å². The van der Waals surface area contributed by atoms with Crippen LogP contribution in [0.4, 0.5) is 0 Å². The average Bonchev–Trinajstić information content (AvgIpc) is 2.83. The Morgan fingerprint density at radius 2 is 2.05 bits per heavy atom. The van der Waals surface area contributed by atoms with E-state index in [-0.39, 0.29) is 12.5 Å². The van der Waals surface area contributed by atoms with Crippen LogP contribution in [0.15, 0.2) is 30.3 Å². The first kappa shape index (κ1) is 15.3. The molecule has 2 rings (SSSR count). The Labute approximate surface area is 124 Å². The Bertz CT molecular complexity index is 617. The smallest absolute Gasteiger partial charge is 0.270 e. The number of hydrogen-bond donors (Lipinski definition) is 2. The molecule has 21 heavy (non-hydrogen) atoms. The van der Waals surface area contributed by atoms with Gasteiger partial charge in [-0.1, -0.05) is 31.2 Å². The number of nitrogens with one attached hydrogen (secondary N) is 1. The van der Waals surface area contributed by atoms with Crippen LogP contribution < -0.4 is 5.32 Å². The van der Waals surface area contributed by atoms with Crippen LogP contribution in [0.25, 0.3) is 0 Å². The van der Waals surface area contributed by atoms with Crippen LogP contribution in [-0.2, 0) is 13.5 Å². The highest BCUT2D eigenvalue weighted by Crippen LogP contribution is 2.15. The number of carbonyl (C=O) groups excluding carboxylic acids is 1. The molecule has 0 spiro atoms. The van der Waals surface area contributed by atoms with E-state index in [1.807, 2.05) is 31.2 Å². The fraction of sp³-hybridized carbons (Fsp3) is 0.375. The second kappa shape index (κ2) is 6.54. The lowest BCUT2D eigenvalue weighted by Crippen LogP contribution is -2.32. The SMILES string of the molecule is CCc1ccc(C(CO)NC(=O)c2cc(C)nn2C)cc1. The molecule has 1 atom stereocenters. The van der Waals surface area contributed by atoms with E-state index in [1.165, 1.54) is 5.56 Å². The summed E-state index contributed by atoms with van der Waals surface area (Å²) in [6, 6.07) is 9.21. The zero-order chi connectivity index (χ0) is 15.4. The Balaban J connectivity index is 2.14. The van der Waals surface area contributed by atoms with Gasteiger partial charge in [-0.25, -0.2) is 0 Å². The van der Waals surface area contributed by atoms with E-state index in [9.17, 15) is 9.90 Å². The Morgan fingerprint density at radius 1 is 1.38 bits per heavy atom. The van der Waals surface area contributed by atoms with Crippen molar-refractivity contribution in [3.8, 4) is 0 Å². The Kier molecular flexibility index (Phi) is 4.75. The van der Waals surface area contributed by atoms with Crippen LogP contribution >= 0.6 is 0 Å². The summed E-state index contributed by atoms with van der Waals surface area (Å²) in [5, 5.41) is 16.5. The molecule has 112 valence electrons. The van der Waals surface area contributed by atoms with Crippen molar-refractivity contribution in [2.75, 3.05) is 6.61 Å². The third-order valence-corrected chi connectivity index (χ3v) is 3.51. The van der Waals surface area contributed by atoms with Gasteiger partial charge in [0, 0.05) is 7.05 Å². The molecule has 0 aliphatic heterocycles. The highest BCUT2D eigenvalue weighted by atomic mass is 16.3. The molecule has 5 nitrogen and oxygen atoms in total. The third-order valence-electron chi connectivity index (χ3n) is 3.51. The minimum atomic E-state index is -0.418. The number of aliphatic hydroxyl groups is 1. The van der Waals surface area contributed by atoms with Gasteiger partial charge in [0.15, 0.2) is 0 Å². The summed E-state index contributed by atoms with van der Waals surface area (Å²) in [5.74, 6) is -0.239. The normalized spacial score (nSPS) is 12.2. The standard InChI is InChI=1S/C16H21N3O2/c1-4-12-5-7-13(8-6-12)14(10-20)17-16(21)15-9-11(2)18-19(15)3/h5-9,14,20H,4,10H2,1-3H3,(H,17,21). The number of rotatable bonds is 5. The van der Waals surface area contributed by atoms with Crippen molar-refractivity contribution >= 4 is 5.91 Å². The number of carbonyl (C=O) groups is 1. The monoisotopic (exact) mass is 287 g/mol. The summed E-state index contributed by atoms with van der Waals surface area (Å²) in [4.78, 5) is 12.3. The van der Waals surface area contributed by atoms with Crippen molar-refractivity contribution in [1.29, 1.82) is 0 Å². The average molecular weight is 287 g/mol. The lowest BCUT2D eigenvalue weighted by molar-refractivity contribution is 0.0906. The van der Waals surface area contributed by atoms with Crippen LogP contribution in [0.2, 0.25) is 0 Å². The lowest BCUT2D eigenvalue weighted by Gasteiger charge is -2.17. The van der Waals surface area contributed by atoms with Crippen molar-refractivity contribution in [3.05, 3.63) is 52.8 Å². The minimum Gasteiger partial charge on any atom is -0.394 e. The summed E-state index contributed by atoms with van der Waals surface area (Å²) in [7, 11) is 1.73. The molecule has 1 amide bonds. The van der Waals surface area contributed by atoms with Gasteiger partial charge in [0.25, 0.3) is 5.91 Å². The van der Waals surface area contributed by atoms with E-state index in [1.54, 1.807) is 17.8 Å². The maximum atomic E-state index is 12.3. The van der Waals surface area contributed by atoms with Gasteiger partial charge < -0.3 is 10.4 Å². The van der Waals surface area contributed by atoms with Crippen molar-refractivity contribution in [3.63, 3.8) is 0 Å².